The number of fused-ring (bicyclic) bond motifs is 3. The third-order valence-corrected chi connectivity index (χ3v) is 8.31. The Morgan fingerprint density at radius 3 is 2.72 bits per heavy atom. The van der Waals surface area contributed by atoms with Crippen LogP contribution >= 0.6 is 23.2 Å². The molecular formula is C28H25Cl2FN4O3S. The lowest BCUT2D eigenvalue weighted by molar-refractivity contribution is 0.240. The Hall–Kier alpha value is -3.24. The highest BCUT2D eigenvalue weighted by Gasteiger charge is 2.27. The molecule has 0 saturated heterocycles. The topological polar surface area (TPSA) is 84.3 Å². The van der Waals surface area contributed by atoms with Gasteiger partial charge in [-0.1, -0.05) is 41.4 Å². The van der Waals surface area contributed by atoms with E-state index in [-0.39, 0.29) is 22.5 Å². The number of nitrogens with zero attached hydrogens (tertiary/aromatic N) is 3. The van der Waals surface area contributed by atoms with Crippen molar-refractivity contribution >= 4 is 56.0 Å². The number of pyridine rings is 1. The average molecular weight is 588 g/mol. The second-order valence-corrected chi connectivity index (χ2v) is 12.2. The fraction of sp³-hybridized carbons (Fsp3) is 0.214. The van der Waals surface area contributed by atoms with Crippen molar-refractivity contribution in [2.45, 2.75) is 24.4 Å². The molecule has 0 saturated carbocycles. The number of carbonyl (C=O) groups is 1. The molecule has 1 aliphatic heterocycles. The first-order valence-corrected chi connectivity index (χ1v) is 14.8. The molecule has 0 atom stereocenters. The van der Waals surface area contributed by atoms with Gasteiger partial charge in [0.15, 0.2) is 9.84 Å². The van der Waals surface area contributed by atoms with Gasteiger partial charge in [-0.25, -0.2) is 22.6 Å². The number of nitrogens with one attached hydrogen (secondary N) is 1. The predicted octanol–water partition coefficient (Wildman–Crippen LogP) is 5.72. The lowest BCUT2D eigenvalue weighted by Gasteiger charge is -2.27. The first-order chi connectivity index (χ1) is 18.6. The summed E-state index contributed by atoms with van der Waals surface area (Å²) < 4.78 is 40.0. The van der Waals surface area contributed by atoms with Crippen LogP contribution in [0.2, 0.25) is 10.2 Å². The molecule has 2 aromatic heterocycles. The number of carbonyl (C=O) groups excluding carboxylic acids is 1. The molecule has 0 radical (unpaired) electrons. The zero-order valence-electron chi connectivity index (χ0n) is 21.0. The molecule has 2 aromatic carbocycles. The van der Waals surface area contributed by atoms with E-state index in [9.17, 15) is 17.6 Å². The molecular weight excluding hydrogens is 562 g/mol. The Balaban J connectivity index is 1.43. The van der Waals surface area contributed by atoms with Gasteiger partial charge in [-0.15, -0.1) is 0 Å². The van der Waals surface area contributed by atoms with Gasteiger partial charge in [0.1, 0.15) is 11.0 Å². The van der Waals surface area contributed by atoms with Crippen LogP contribution in [0.25, 0.3) is 17.0 Å². The standard InChI is InChI=1S/C28H25Cl2FN4O3S/c1-39(37,38)20-5-7-25-21(15-20)22-17-34(11-2-3-18-4-6-23(29)24(31)13-18)12-9-26(22)35(25)28(36)33-16-19-8-10-32-27(30)14-19/h2-8,10,13-15H,9,11-12,16-17H2,1H3,(H,33,36)/b3-2+. The molecule has 39 heavy (non-hydrogen) atoms. The molecule has 4 aromatic rings. The Morgan fingerprint density at radius 2 is 1.97 bits per heavy atom. The van der Waals surface area contributed by atoms with E-state index < -0.39 is 15.7 Å². The number of sulfone groups is 1. The van der Waals surface area contributed by atoms with Crippen molar-refractivity contribution in [1.82, 2.24) is 19.8 Å². The molecule has 1 amide bonds. The SMILES string of the molecule is CS(=O)(=O)c1ccc2c(c1)c1c(n2C(=O)NCc2ccnc(Cl)c2)CCN(C/C=C/c2ccc(Cl)c(F)c2)C1. The van der Waals surface area contributed by atoms with Gasteiger partial charge in [-0.05, 0) is 59.2 Å². The molecule has 202 valence electrons. The lowest BCUT2D eigenvalue weighted by Crippen LogP contribution is -2.34. The van der Waals surface area contributed by atoms with Crippen molar-refractivity contribution in [3.8, 4) is 0 Å². The molecule has 0 bridgehead atoms. The Morgan fingerprint density at radius 1 is 1.15 bits per heavy atom. The van der Waals surface area contributed by atoms with Crippen molar-refractivity contribution in [2.24, 2.45) is 0 Å². The zero-order valence-corrected chi connectivity index (χ0v) is 23.3. The summed E-state index contributed by atoms with van der Waals surface area (Å²) in [6, 6.07) is 12.7. The smallest absolute Gasteiger partial charge is 0.326 e. The molecule has 5 rings (SSSR count). The largest absolute Gasteiger partial charge is 0.333 e. The number of hydrogen-bond donors (Lipinski definition) is 1. The fourth-order valence-corrected chi connectivity index (χ4v) is 5.74. The molecule has 1 N–H and O–H groups in total. The van der Waals surface area contributed by atoms with Gasteiger partial charge in [-0.2, -0.15) is 0 Å². The molecule has 11 heteroatoms. The van der Waals surface area contributed by atoms with Gasteiger partial charge in [-0.3, -0.25) is 9.47 Å². The van der Waals surface area contributed by atoms with Crippen molar-refractivity contribution in [3.63, 3.8) is 0 Å². The van der Waals surface area contributed by atoms with Crippen LogP contribution in [0.3, 0.4) is 0 Å². The minimum absolute atomic E-state index is 0.0779. The highest BCUT2D eigenvalue weighted by Crippen LogP contribution is 2.33. The quantitative estimate of drug-likeness (QED) is 0.292. The van der Waals surface area contributed by atoms with E-state index in [0.29, 0.717) is 42.3 Å². The molecule has 0 fully saturated rings. The van der Waals surface area contributed by atoms with E-state index in [0.717, 1.165) is 22.2 Å². The van der Waals surface area contributed by atoms with Gasteiger partial charge in [0.05, 0.1) is 15.4 Å². The summed E-state index contributed by atoms with van der Waals surface area (Å²) in [5, 5.41) is 4.09. The minimum atomic E-state index is -3.44. The van der Waals surface area contributed by atoms with E-state index in [1.165, 1.54) is 24.5 Å². The molecule has 3 heterocycles. The second-order valence-electron chi connectivity index (χ2n) is 9.42. The van der Waals surface area contributed by atoms with E-state index in [1.54, 1.807) is 41.1 Å². The van der Waals surface area contributed by atoms with Crippen molar-refractivity contribution in [2.75, 3.05) is 19.3 Å². The van der Waals surface area contributed by atoms with Gasteiger partial charge >= 0.3 is 6.03 Å². The number of halogens is 3. The fourth-order valence-electron chi connectivity index (χ4n) is 4.78. The maximum Gasteiger partial charge on any atom is 0.326 e. The summed E-state index contributed by atoms with van der Waals surface area (Å²) in [7, 11) is -3.44. The zero-order chi connectivity index (χ0) is 27.7. The second kappa shape index (κ2) is 11.1. The Bertz CT molecular complexity index is 1720. The third kappa shape index (κ3) is 6.01. The maximum atomic E-state index is 13.8. The van der Waals surface area contributed by atoms with E-state index in [1.807, 2.05) is 12.2 Å². The minimum Gasteiger partial charge on any atom is -0.333 e. The van der Waals surface area contributed by atoms with Crippen LogP contribution in [0.1, 0.15) is 22.4 Å². The van der Waals surface area contributed by atoms with E-state index in [4.69, 9.17) is 23.2 Å². The number of rotatable bonds is 6. The van der Waals surface area contributed by atoms with Crippen LogP contribution in [0.4, 0.5) is 9.18 Å². The van der Waals surface area contributed by atoms with Gasteiger partial charge < -0.3 is 5.32 Å². The molecule has 1 aliphatic rings. The Labute approximate surface area is 235 Å². The molecule has 0 spiro atoms. The predicted molar refractivity (Wildman–Crippen MR) is 151 cm³/mol. The van der Waals surface area contributed by atoms with Crippen LogP contribution in [-0.2, 0) is 29.3 Å². The number of amides is 1. The molecule has 7 nitrogen and oxygen atoms in total. The summed E-state index contributed by atoms with van der Waals surface area (Å²) in [6.45, 7) is 2.07. The number of aromatic nitrogens is 2. The van der Waals surface area contributed by atoms with Crippen molar-refractivity contribution in [1.29, 1.82) is 0 Å². The first kappa shape index (κ1) is 27.3. The Kier molecular flexibility index (Phi) is 7.77. The average Bonchev–Trinajstić information content (AvgIpc) is 3.22. The lowest BCUT2D eigenvalue weighted by atomic mass is 10.0. The molecule has 0 aliphatic carbocycles. The highest BCUT2D eigenvalue weighted by atomic mass is 35.5. The van der Waals surface area contributed by atoms with E-state index in [2.05, 4.69) is 15.2 Å². The van der Waals surface area contributed by atoms with Crippen LogP contribution in [0.5, 0.6) is 0 Å². The van der Waals surface area contributed by atoms with Crippen LogP contribution in [0.15, 0.2) is 65.7 Å². The van der Waals surface area contributed by atoms with Crippen LogP contribution in [-0.4, -0.2) is 48.2 Å². The highest BCUT2D eigenvalue weighted by molar-refractivity contribution is 7.90. The summed E-state index contributed by atoms with van der Waals surface area (Å²) in [5.41, 5.74) is 3.92. The number of hydrogen-bond acceptors (Lipinski definition) is 5. The summed E-state index contributed by atoms with van der Waals surface area (Å²) in [5.74, 6) is -0.471. The number of benzene rings is 2. The van der Waals surface area contributed by atoms with E-state index >= 15 is 0 Å². The van der Waals surface area contributed by atoms with Crippen LogP contribution < -0.4 is 5.32 Å². The third-order valence-electron chi connectivity index (χ3n) is 6.68. The summed E-state index contributed by atoms with van der Waals surface area (Å²) in [4.78, 5) is 19.8. The normalized spacial score (nSPS) is 14.2. The maximum absolute atomic E-state index is 13.8. The van der Waals surface area contributed by atoms with Crippen molar-refractivity contribution < 1.29 is 17.6 Å². The van der Waals surface area contributed by atoms with Gasteiger partial charge in [0.2, 0.25) is 0 Å². The molecule has 0 unspecified atom stereocenters. The first-order valence-electron chi connectivity index (χ1n) is 12.2. The monoisotopic (exact) mass is 586 g/mol. The van der Waals surface area contributed by atoms with Crippen LogP contribution in [0, 0.1) is 5.82 Å². The summed E-state index contributed by atoms with van der Waals surface area (Å²) >= 11 is 11.7. The summed E-state index contributed by atoms with van der Waals surface area (Å²) in [6.07, 6.45) is 7.12. The van der Waals surface area contributed by atoms with Gasteiger partial charge in [0, 0.05) is 56.1 Å². The van der Waals surface area contributed by atoms with Crippen molar-refractivity contribution in [3.05, 3.63) is 99.2 Å². The van der Waals surface area contributed by atoms with Gasteiger partial charge in [0.25, 0.3) is 0 Å².